The molecular weight excluding hydrogens is 333 g/mol. The van der Waals surface area contributed by atoms with Gasteiger partial charge < -0.3 is 9.73 Å². The first-order valence-electron chi connectivity index (χ1n) is 6.71. The van der Waals surface area contributed by atoms with Crippen molar-refractivity contribution in [3.63, 3.8) is 0 Å². The third-order valence-corrected chi connectivity index (χ3v) is 4.17. The summed E-state index contributed by atoms with van der Waals surface area (Å²) in [5.74, 6) is 0.434. The van der Waals surface area contributed by atoms with Crippen LogP contribution in [0.4, 0.5) is 4.39 Å². The molecule has 4 heteroatoms. The zero-order valence-corrected chi connectivity index (χ0v) is 13.4. The first-order valence-corrected chi connectivity index (χ1v) is 7.50. The van der Waals surface area contributed by atoms with E-state index in [1.54, 1.807) is 19.2 Å². The zero-order valence-electron chi connectivity index (χ0n) is 11.8. The van der Waals surface area contributed by atoms with Crippen molar-refractivity contribution in [2.24, 2.45) is 0 Å². The minimum Gasteiger partial charge on any atom is -0.459 e. The van der Waals surface area contributed by atoms with Gasteiger partial charge in [-0.25, -0.2) is 4.39 Å². The van der Waals surface area contributed by atoms with Crippen molar-refractivity contribution in [2.45, 2.75) is 13.0 Å². The first kappa shape index (κ1) is 14.3. The van der Waals surface area contributed by atoms with Crippen molar-refractivity contribution < 1.29 is 8.81 Å². The van der Waals surface area contributed by atoms with Gasteiger partial charge in [-0.3, -0.25) is 0 Å². The predicted octanol–water partition coefficient (Wildman–Crippen LogP) is 4.95. The van der Waals surface area contributed by atoms with Crippen molar-refractivity contribution >= 4 is 26.9 Å². The molecule has 21 heavy (non-hydrogen) atoms. The summed E-state index contributed by atoms with van der Waals surface area (Å²) in [6.07, 6.45) is 0. The quantitative estimate of drug-likeness (QED) is 0.724. The number of hydrogen-bond donors (Lipinski definition) is 1. The van der Waals surface area contributed by atoms with Gasteiger partial charge in [-0.2, -0.15) is 0 Å². The molecule has 1 N–H and O–H groups in total. The van der Waals surface area contributed by atoms with Crippen LogP contribution in [0.3, 0.4) is 0 Å². The van der Waals surface area contributed by atoms with Crippen LogP contribution in [0.25, 0.3) is 11.0 Å². The molecule has 0 bridgehead atoms. The molecule has 3 aromatic rings. The Labute approximate surface area is 131 Å². The Morgan fingerprint density at radius 3 is 2.76 bits per heavy atom. The van der Waals surface area contributed by atoms with Crippen LogP contribution in [0.15, 0.2) is 51.4 Å². The third-order valence-electron chi connectivity index (χ3n) is 3.56. The molecule has 0 saturated heterocycles. The van der Waals surface area contributed by atoms with Gasteiger partial charge in [0.1, 0.15) is 17.2 Å². The highest BCUT2D eigenvalue weighted by molar-refractivity contribution is 9.10. The molecule has 1 aromatic heterocycles. The van der Waals surface area contributed by atoms with E-state index in [1.165, 1.54) is 5.56 Å². The summed E-state index contributed by atoms with van der Waals surface area (Å²) in [7, 11) is 1.80. The normalized spacial score (nSPS) is 12.8. The van der Waals surface area contributed by atoms with E-state index in [1.807, 2.05) is 31.2 Å². The van der Waals surface area contributed by atoms with Crippen LogP contribution in [0.1, 0.15) is 22.9 Å². The van der Waals surface area contributed by atoms with Crippen LogP contribution in [0.2, 0.25) is 0 Å². The van der Waals surface area contributed by atoms with E-state index in [9.17, 15) is 4.39 Å². The topological polar surface area (TPSA) is 25.2 Å². The van der Waals surface area contributed by atoms with Crippen LogP contribution >= 0.6 is 15.9 Å². The minimum atomic E-state index is -0.324. The molecule has 0 aliphatic rings. The Morgan fingerprint density at radius 1 is 1.19 bits per heavy atom. The van der Waals surface area contributed by atoms with Gasteiger partial charge in [-0.05, 0) is 54.2 Å². The van der Waals surface area contributed by atoms with E-state index in [4.69, 9.17) is 4.42 Å². The lowest BCUT2D eigenvalue weighted by Gasteiger charge is -2.15. The summed E-state index contributed by atoms with van der Waals surface area (Å²) >= 11 is 3.23. The molecule has 0 spiro atoms. The lowest BCUT2D eigenvalue weighted by Crippen LogP contribution is -2.18. The Kier molecular flexibility index (Phi) is 3.83. The number of halogens is 2. The average Bonchev–Trinajstić information content (AvgIpc) is 2.87. The van der Waals surface area contributed by atoms with Gasteiger partial charge >= 0.3 is 0 Å². The second-order valence-corrected chi connectivity index (χ2v) is 5.91. The Balaban J connectivity index is 2.11. The van der Waals surface area contributed by atoms with E-state index in [0.29, 0.717) is 15.8 Å². The number of aryl methyl sites for hydroxylation is 1. The van der Waals surface area contributed by atoms with Gasteiger partial charge in [0, 0.05) is 10.9 Å². The molecule has 1 atom stereocenters. The second kappa shape index (κ2) is 5.62. The van der Waals surface area contributed by atoms with E-state index in [0.717, 1.165) is 11.0 Å². The SMILES string of the molecule is CNC(c1cc2cc(C)ccc2o1)c1cccc(Br)c1F. The molecule has 1 unspecified atom stereocenters. The number of furan rings is 1. The van der Waals surface area contributed by atoms with Crippen molar-refractivity contribution in [2.75, 3.05) is 7.05 Å². The highest BCUT2D eigenvalue weighted by atomic mass is 79.9. The van der Waals surface area contributed by atoms with Crippen molar-refractivity contribution in [3.8, 4) is 0 Å². The zero-order chi connectivity index (χ0) is 15.0. The van der Waals surface area contributed by atoms with E-state index < -0.39 is 0 Å². The number of fused-ring (bicyclic) bond motifs is 1. The second-order valence-electron chi connectivity index (χ2n) is 5.05. The molecule has 0 saturated carbocycles. The largest absolute Gasteiger partial charge is 0.459 e. The van der Waals surface area contributed by atoms with E-state index in [-0.39, 0.29) is 11.9 Å². The summed E-state index contributed by atoms with van der Waals surface area (Å²) in [4.78, 5) is 0. The van der Waals surface area contributed by atoms with Gasteiger partial charge in [-0.15, -0.1) is 0 Å². The first-order chi connectivity index (χ1) is 10.1. The Bertz CT molecular complexity index is 797. The smallest absolute Gasteiger partial charge is 0.142 e. The van der Waals surface area contributed by atoms with Crippen LogP contribution in [-0.2, 0) is 0 Å². The average molecular weight is 348 g/mol. The fourth-order valence-electron chi connectivity index (χ4n) is 2.52. The Morgan fingerprint density at radius 2 is 2.00 bits per heavy atom. The van der Waals surface area contributed by atoms with Gasteiger partial charge in [-0.1, -0.05) is 23.8 Å². The number of rotatable bonds is 3. The van der Waals surface area contributed by atoms with Crippen LogP contribution < -0.4 is 5.32 Å². The monoisotopic (exact) mass is 347 g/mol. The molecular formula is C17H15BrFNO. The van der Waals surface area contributed by atoms with E-state index in [2.05, 4.69) is 27.3 Å². The Hall–Kier alpha value is -1.65. The maximum atomic E-state index is 14.3. The van der Waals surface area contributed by atoms with Gasteiger partial charge in [0.25, 0.3) is 0 Å². The maximum absolute atomic E-state index is 14.3. The van der Waals surface area contributed by atoms with Crippen LogP contribution in [0, 0.1) is 12.7 Å². The molecule has 1 heterocycles. The lowest BCUT2D eigenvalue weighted by atomic mass is 10.0. The summed E-state index contributed by atoms with van der Waals surface area (Å²) in [5.41, 5.74) is 2.54. The third kappa shape index (κ3) is 2.61. The fraction of sp³-hybridized carbons (Fsp3) is 0.176. The van der Waals surface area contributed by atoms with Gasteiger partial charge in [0.2, 0.25) is 0 Å². The summed E-state index contributed by atoms with van der Waals surface area (Å²) < 4.78 is 20.6. The summed E-state index contributed by atoms with van der Waals surface area (Å²) in [6.45, 7) is 2.04. The van der Waals surface area contributed by atoms with Gasteiger partial charge in [0.15, 0.2) is 0 Å². The molecule has 0 amide bonds. The van der Waals surface area contributed by atoms with Crippen molar-refractivity contribution in [1.82, 2.24) is 5.32 Å². The molecule has 3 rings (SSSR count). The minimum absolute atomic E-state index is 0.270. The van der Waals surface area contributed by atoms with Crippen molar-refractivity contribution in [3.05, 3.63) is 69.6 Å². The van der Waals surface area contributed by atoms with Crippen LogP contribution in [-0.4, -0.2) is 7.05 Å². The summed E-state index contributed by atoms with van der Waals surface area (Å²) in [6, 6.07) is 12.9. The fourth-order valence-corrected chi connectivity index (χ4v) is 2.90. The molecule has 0 aliphatic heterocycles. The predicted molar refractivity (Wildman–Crippen MR) is 86.0 cm³/mol. The number of nitrogens with one attached hydrogen (secondary N) is 1. The molecule has 0 fully saturated rings. The van der Waals surface area contributed by atoms with E-state index >= 15 is 0 Å². The molecule has 2 nitrogen and oxygen atoms in total. The number of hydrogen-bond acceptors (Lipinski definition) is 2. The molecule has 108 valence electrons. The van der Waals surface area contributed by atoms with Crippen molar-refractivity contribution in [1.29, 1.82) is 0 Å². The molecule has 2 aromatic carbocycles. The standard InChI is InChI=1S/C17H15BrFNO/c1-10-6-7-14-11(8-10)9-15(21-14)17(20-2)12-4-3-5-13(18)16(12)19/h3-9,17,20H,1-2H3. The van der Waals surface area contributed by atoms with Crippen LogP contribution in [0.5, 0.6) is 0 Å². The lowest BCUT2D eigenvalue weighted by molar-refractivity contribution is 0.475. The summed E-state index contributed by atoms with van der Waals surface area (Å²) in [5, 5.41) is 4.15. The maximum Gasteiger partial charge on any atom is 0.142 e. The highest BCUT2D eigenvalue weighted by Crippen LogP contribution is 2.31. The number of benzene rings is 2. The molecule has 0 aliphatic carbocycles. The molecule has 0 radical (unpaired) electrons. The highest BCUT2D eigenvalue weighted by Gasteiger charge is 2.21. The van der Waals surface area contributed by atoms with Gasteiger partial charge in [0.05, 0.1) is 10.5 Å².